The third-order valence-electron chi connectivity index (χ3n) is 3.23. The Morgan fingerprint density at radius 1 is 1.19 bits per heavy atom. The second kappa shape index (κ2) is 7.30. The SMILES string of the molecule is CNC(Cc1ccc(Cl)cc1Cl)c1ccc(Br)c(Cl)c1F. The van der Waals surface area contributed by atoms with E-state index in [0.717, 1.165) is 5.56 Å². The molecule has 0 aliphatic heterocycles. The molecule has 0 fully saturated rings. The average Bonchev–Trinajstić information content (AvgIpc) is 2.45. The summed E-state index contributed by atoms with van der Waals surface area (Å²) in [5.41, 5.74) is 1.38. The van der Waals surface area contributed by atoms with Gasteiger partial charge in [0.2, 0.25) is 0 Å². The minimum absolute atomic E-state index is 0.0787. The number of nitrogens with one attached hydrogen (secondary N) is 1. The molecule has 0 saturated carbocycles. The maximum atomic E-state index is 14.3. The zero-order valence-corrected chi connectivity index (χ0v) is 14.9. The van der Waals surface area contributed by atoms with E-state index in [4.69, 9.17) is 34.8 Å². The fourth-order valence-corrected chi connectivity index (χ4v) is 3.05. The van der Waals surface area contributed by atoms with Crippen molar-refractivity contribution < 1.29 is 4.39 Å². The van der Waals surface area contributed by atoms with Crippen LogP contribution in [-0.4, -0.2) is 7.05 Å². The smallest absolute Gasteiger partial charge is 0.147 e. The monoisotopic (exact) mass is 409 g/mol. The zero-order chi connectivity index (χ0) is 15.6. The van der Waals surface area contributed by atoms with Crippen LogP contribution in [0, 0.1) is 5.82 Å². The van der Waals surface area contributed by atoms with Crippen LogP contribution in [0.15, 0.2) is 34.8 Å². The van der Waals surface area contributed by atoms with Gasteiger partial charge in [-0.15, -0.1) is 0 Å². The molecule has 6 heteroatoms. The summed E-state index contributed by atoms with van der Waals surface area (Å²) < 4.78 is 14.8. The van der Waals surface area contributed by atoms with Gasteiger partial charge in [0.1, 0.15) is 5.82 Å². The molecule has 1 unspecified atom stereocenters. The highest BCUT2D eigenvalue weighted by Crippen LogP contribution is 2.32. The lowest BCUT2D eigenvalue weighted by Crippen LogP contribution is -2.20. The second-order valence-corrected chi connectivity index (χ2v) is 6.62. The van der Waals surface area contributed by atoms with Crippen LogP contribution in [0.2, 0.25) is 15.1 Å². The first kappa shape index (κ1) is 17.0. The summed E-state index contributed by atoms with van der Waals surface area (Å²) in [6.07, 6.45) is 0.529. The lowest BCUT2D eigenvalue weighted by Gasteiger charge is -2.19. The van der Waals surface area contributed by atoms with Crippen LogP contribution in [-0.2, 0) is 6.42 Å². The summed E-state index contributed by atoms with van der Waals surface area (Å²) in [4.78, 5) is 0. The fraction of sp³-hybridized carbons (Fsp3) is 0.200. The van der Waals surface area contributed by atoms with Crippen LogP contribution >= 0.6 is 50.7 Å². The number of likely N-dealkylation sites (N-methyl/N-ethyl adjacent to an activating group) is 1. The Labute approximate surface area is 146 Å². The molecule has 1 atom stereocenters. The van der Waals surface area contributed by atoms with Crippen LogP contribution in [0.4, 0.5) is 4.39 Å². The predicted molar refractivity (Wildman–Crippen MR) is 91.1 cm³/mol. The summed E-state index contributed by atoms with van der Waals surface area (Å²) in [6.45, 7) is 0. The average molecular weight is 412 g/mol. The molecule has 21 heavy (non-hydrogen) atoms. The van der Waals surface area contributed by atoms with Crippen molar-refractivity contribution in [2.24, 2.45) is 0 Å². The molecule has 2 aromatic rings. The molecule has 0 amide bonds. The topological polar surface area (TPSA) is 12.0 Å². The molecular weight excluding hydrogens is 399 g/mol. The summed E-state index contributed by atoms with van der Waals surface area (Å²) in [5, 5.41) is 4.30. The standard InChI is InChI=1S/C15H12BrCl3FN/c1-21-13(6-8-2-3-9(17)7-12(8)18)10-4-5-11(16)14(19)15(10)20/h2-5,7,13,21H,6H2,1H3. The molecule has 0 aromatic heterocycles. The van der Waals surface area contributed by atoms with Gasteiger partial charge in [0, 0.05) is 26.1 Å². The van der Waals surface area contributed by atoms with Crippen molar-refractivity contribution in [3.05, 3.63) is 66.8 Å². The van der Waals surface area contributed by atoms with Crippen molar-refractivity contribution in [1.29, 1.82) is 0 Å². The van der Waals surface area contributed by atoms with Crippen molar-refractivity contribution in [2.75, 3.05) is 7.05 Å². The number of hydrogen-bond donors (Lipinski definition) is 1. The molecule has 2 aromatic carbocycles. The normalized spacial score (nSPS) is 12.5. The van der Waals surface area contributed by atoms with Gasteiger partial charge in [-0.3, -0.25) is 0 Å². The maximum Gasteiger partial charge on any atom is 0.147 e. The number of hydrogen-bond acceptors (Lipinski definition) is 1. The van der Waals surface area contributed by atoms with Gasteiger partial charge in [0.15, 0.2) is 0 Å². The van der Waals surface area contributed by atoms with Gasteiger partial charge in [0.25, 0.3) is 0 Å². The number of rotatable bonds is 4. The Morgan fingerprint density at radius 2 is 1.90 bits per heavy atom. The molecule has 1 nitrogen and oxygen atoms in total. The quantitative estimate of drug-likeness (QED) is 0.604. The van der Waals surface area contributed by atoms with Crippen molar-refractivity contribution >= 4 is 50.7 Å². The Morgan fingerprint density at radius 3 is 2.52 bits per heavy atom. The lowest BCUT2D eigenvalue weighted by molar-refractivity contribution is 0.534. The molecule has 1 N–H and O–H groups in total. The van der Waals surface area contributed by atoms with Gasteiger partial charge in [0.05, 0.1) is 5.02 Å². The highest BCUT2D eigenvalue weighted by molar-refractivity contribution is 9.10. The van der Waals surface area contributed by atoms with Crippen molar-refractivity contribution in [2.45, 2.75) is 12.5 Å². The molecule has 0 radical (unpaired) electrons. The van der Waals surface area contributed by atoms with Gasteiger partial charge in [-0.2, -0.15) is 0 Å². The van der Waals surface area contributed by atoms with Gasteiger partial charge < -0.3 is 5.32 Å². The van der Waals surface area contributed by atoms with Crippen LogP contribution in [0.1, 0.15) is 17.2 Å². The molecule has 0 aliphatic carbocycles. The van der Waals surface area contributed by atoms with Crippen molar-refractivity contribution in [3.8, 4) is 0 Å². The number of benzene rings is 2. The summed E-state index contributed by atoms with van der Waals surface area (Å²) in [6, 6.07) is 8.48. The molecule has 2 rings (SSSR count). The van der Waals surface area contributed by atoms with Crippen LogP contribution in [0.25, 0.3) is 0 Å². The minimum atomic E-state index is -0.435. The molecule has 0 heterocycles. The molecule has 0 saturated heterocycles. The van der Waals surface area contributed by atoms with Gasteiger partial charge >= 0.3 is 0 Å². The first-order valence-corrected chi connectivity index (χ1v) is 8.11. The van der Waals surface area contributed by atoms with E-state index in [-0.39, 0.29) is 11.1 Å². The largest absolute Gasteiger partial charge is 0.313 e. The fourth-order valence-electron chi connectivity index (χ4n) is 2.08. The van der Waals surface area contributed by atoms with Crippen molar-refractivity contribution in [3.63, 3.8) is 0 Å². The van der Waals surface area contributed by atoms with Gasteiger partial charge in [-0.1, -0.05) is 46.9 Å². The van der Waals surface area contributed by atoms with Crippen molar-refractivity contribution in [1.82, 2.24) is 5.32 Å². The van der Waals surface area contributed by atoms with E-state index >= 15 is 0 Å². The van der Waals surface area contributed by atoms with E-state index in [0.29, 0.717) is 26.5 Å². The van der Waals surface area contributed by atoms with Crippen LogP contribution in [0.5, 0.6) is 0 Å². The maximum absolute atomic E-state index is 14.3. The summed E-state index contributed by atoms with van der Waals surface area (Å²) in [7, 11) is 1.77. The van der Waals surface area contributed by atoms with E-state index in [1.165, 1.54) is 0 Å². The van der Waals surface area contributed by atoms with E-state index in [1.807, 2.05) is 6.07 Å². The molecule has 0 spiro atoms. The third-order valence-corrected chi connectivity index (χ3v) is 5.07. The molecule has 0 bridgehead atoms. The zero-order valence-electron chi connectivity index (χ0n) is 11.1. The van der Waals surface area contributed by atoms with E-state index in [1.54, 1.807) is 31.3 Å². The van der Waals surface area contributed by atoms with Crippen LogP contribution < -0.4 is 5.32 Å². The molecule has 112 valence electrons. The van der Waals surface area contributed by atoms with E-state index in [9.17, 15) is 4.39 Å². The highest BCUT2D eigenvalue weighted by atomic mass is 79.9. The summed E-state index contributed by atoms with van der Waals surface area (Å²) >= 11 is 21.2. The van der Waals surface area contributed by atoms with Gasteiger partial charge in [-0.25, -0.2) is 4.39 Å². The molecular formula is C15H12BrCl3FN. The predicted octanol–water partition coefficient (Wildman–Crippen LogP) is 6.05. The Balaban J connectivity index is 2.34. The first-order chi connectivity index (χ1) is 9.93. The summed E-state index contributed by atoms with van der Waals surface area (Å²) in [5.74, 6) is -0.435. The second-order valence-electron chi connectivity index (χ2n) is 4.55. The van der Waals surface area contributed by atoms with Crippen LogP contribution in [0.3, 0.4) is 0 Å². The third kappa shape index (κ3) is 3.91. The Kier molecular flexibility index (Phi) is 5.92. The molecule has 0 aliphatic rings. The van der Waals surface area contributed by atoms with E-state index in [2.05, 4.69) is 21.2 Å². The Hall–Kier alpha value is -0.320. The van der Waals surface area contributed by atoms with E-state index < -0.39 is 5.82 Å². The minimum Gasteiger partial charge on any atom is -0.313 e. The highest BCUT2D eigenvalue weighted by Gasteiger charge is 2.19. The lowest BCUT2D eigenvalue weighted by atomic mass is 9.98. The first-order valence-electron chi connectivity index (χ1n) is 6.18. The van der Waals surface area contributed by atoms with Gasteiger partial charge in [-0.05, 0) is 53.2 Å². The Bertz CT molecular complexity index is 664. The number of halogens is 5.